The standard InChI is InChI=1S/C26H30FN3O3/c1-3-15-32-18-22(31)16-29(20-13-14-20)17-23-19(2)28-30(21-9-5-4-6-10-21)26(23)33-25-12-8-7-11-24(25)27/h3-12,20,22,31H,1,13-18H2,2H3/t22-/m1/s1. The molecule has 0 amide bonds. The van der Waals surface area contributed by atoms with Crippen LogP contribution in [-0.2, 0) is 11.3 Å². The van der Waals surface area contributed by atoms with Gasteiger partial charge in [0.2, 0.25) is 5.88 Å². The molecule has 1 aromatic heterocycles. The molecule has 7 heteroatoms. The van der Waals surface area contributed by atoms with Gasteiger partial charge in [-0.3, -0.25) is 4.90 Å². The Morgan fingerprint density at radius 3 is 2.64 bits per heavy atom. The first-order valence-corrected chi connectivity index (χ1v) is 11.2. The van der Waals surface area contributed by atoms with Gasteiger partial charge in [-0.15, -0.1) is 6.58 Å². The van der Waals surface area contributed by atoms with Gasteiger partial charge in [-0.2, -0.15) is 5.10 Å². The van der Waals surface area contributed by atoms with Crippen molar-refractivity contribution in [1.82, 2.24) is 14.7 Å². The Labute approximate surface area is 193 Å². The zero-order valence-corrected chi connectivity index (χ0v) is 18.9. The molecule has 1 N–H and O–H groups in total. The molecule has 1 aliphatic carbocycles. The van der Waals surface area contributed by atoms with E-state index >= 15 is 0 Å². The third kappa shape index (κ3) is 5.87. The smallest absolute Gasteiger partial charge is 0.227 e. The number of ether oxygens (including phenoxy) is 2. The van der Waals surface area contributed by atoms with Crippen LogP contribution in [0.25, 0.3) is 5.69 Å². The summed E-state index contributed by atoms with van der Waals surface area (Å²) in [7, 11) is 0. The SMILES string of the molecule is C=CCOC[C@H](O)CN(Cc1c(C)nn(-c2ccccc2)c1Oc1ccccc1F)C1CC1. The average Bonchev–Trinajstić information content (AvgIpc) is 3.62. The summed E-state index contributed by atoms with van der Waals surface area (Å²) in [5.74, 6) is 0.189. The summed E-state index contributed by atoms with van der Waals surface area (Å²) in [5, 5.41) is 15.2. The summed E-state index contributed by atoms with van der Waals surface area (Å²) in [6, 6.07) is 16.4. The van der Waals surface area contributed by atoms with Crippen molar-refractivity contribution in [3.63, 3.8) is 0 Å². The van der Waals surface area contributed by atoms with E-state index in [1.807, 2.05) is 37.3 Å². The number of aromatic nitrogens is 2. The predicted octanol–water partition coefficient (Wildman–Crippen LogP) is 4.64. The van der Waals surface area contributed by atoms with Crippen LogP contribution in [0.2, 0.25) is 0 Å². The molecule has 0 bridgehead atoms. The van der Waals surface area contributed by atoms with Gasteiger partial charge in [0, 0.05) is 19.1 Å². The number of rotatable bonds is 12. The summed E-state index contributed by atoms with van der Waals surface area (Å²) in [4.78, 5) is 2.23. The lowest BCUT2D eigenvalue weighted by molar-refractivity contribution is 0.0226. The van der Waals surface area contributed by atoms with Gasteiger partial charge >= 0.3 is 0 Å². The van der Waals surface area contributed by atoms with Crippen LogP contribution >= 0.6 is 0 Å². The summed E-state index contributed by atoms with van der Waals surface area (Å²) in [6.45, 7) is 7.22. The Hall–Kier alpha value is -3.00. The Morgan fingerprint density at radius 2 is 1.94 bits per heavy atom. The molecule has 0 saturated heterocycles. The topological polar surface area (TPSA) is 59.8 Å². The van der Waals surface area contributed by atoms with Crippen molar-refractivity contribution in [2.24, 2.45) is 0 Å². The van der Waals surface area contributed by atoms with E-state index in [0.29, 0.717) is 31.6 Å². The van der Waals surface area contributed by atoms with Crippen LogP contribution in [0.4, 0.5) is 4.39 Å². The Morgan fingerprint density at radius 1 is 1.21 bits per heavy atom. The molecule has 0 unspecified atom stereocenters. The first kappa shape index (κ1) is 23.2. The zero-order chi connectivity index (χ0) is 23.2. The number of aryl methyl sites for hydroxylation is 1. The molecule has 0 radical (unpaired) electrons. The predicted molar refractivity (Wildman–Crippen MR) is 125 cm³/mol. The first-order chi connectivity index (χ1) is 16.1. The minimum absolute atomic E-state index is 0.145. The second-order valence-corrected chi connectivity index (χ2v) is 8.29. The van der Waals surface area contributed by atoms with E-state index < -0.39 is 11.9 Å². The molecule has 1 atom stereocenters. The van der Waals surface area contributed by atoms with Crippen LogP contribution in [-0.4, -0.2) is 51.7 Å². The van der Waals surface area contributed by atoms with Gasteiger partial charge in [0.15, 0.2) is 11.6 Å². The third-order valence-corrected chi connectivity index (χ3v) is 5.60. The number of aliphatic hydroxyl groups is 1. The fourth-order valence-electron chi connectivity index (χ4n) is 3.80. The van der Waals surface area contributed by atoms with Gasteiger partial charge < -0.3 is 14.6 Å². The van der Waals surface area contributed by atoms with E-state index in [-0.39, 0.29) is 12.4 Å². The molecular weight excluding hydrogens is 421 g/mol. The van der Waals surface area contributed by atoms with Gasteiger partial charge in [0.25, 0.3) is 0 Å². The van der Waals surface area contributed by atoms with E-state index in [0.717, 1.165) is 29.8 Å². The molecule has 1 aliphatic rings. The molecule has 1 fully saturated rings. The van der Waals surface area contributed by atoms with Crippen molar-refractivity contribution in [3.8, 4) is 17.3 Å². The monoisotopic (exact) mass is 451 g/mol. The molecule has 0 spiro atoms. The van der Waals surface area contributed by atoms with E-state index in [9.17, 15) is 9.50 Å². The number of halogens is 1. The van der Waals surface area contributed by atoms with E-state index in [4.69, 9.17) is 14.6 Å². The van der Waals surface area contributed by atoms with Crippen LogP contribution in [0.5, 0.6) is 11.6 Å². The normalized spacial score (nSPS) is 14.4. The molecule has 33 heavy (non-hydrogen) atoms. The highest BCUT2D eigenvalue weighted by molar-refractivity contribution is 5.43. The van der Waals surface area contributed by atoms with Gasteiger partial charge in [-0.1, -0.05) is 36.4 Å². The van der Waals surface area contributed by atoms with Crippen molar-refractivity contribution in [2.45, 2.75) is 38.5 Å². The molecule has 6 nitrogen and oxygen atoms in total. The molecule has 1 heterocycles. The van der Waals surface area contributed by atoms with E-state index in [1.165, 1.54) is 6.07 Å². The fraction of sp³-hybridized carbons (Fsp3) is 0.346. The summed E-state index contributed by atoms with van der Waals surface area (Å²) in [5.41, 5.74) is 2.50. The zero-order valence-electron chi connectivity index (χ0n) is 18.9. The quantitative estimate of drug-likeness (QED) is 0.321. The van der Waals surface area contributed by atoms with Crippen molar-refractivity contribution < 1.29 is 19.0 Å². The fourth-order valence-corrected chi connectivity index (χ4v) is 3.80. The maximum atomic E-state index is 14.4. The van der Waals surface area contributed by atoms with Crippen molar-refractivity contribution in [2.75, 3.05) is 19.8 Å². The highest BCUT2D eigenvalue weighted by Crippen LogP contribution is 2.35. The Bertz CT molecular complexity index is 1070. The van der Waals surface area contributed by atoms with E-state index in [1.54, 1.807) is 29.0 Å². The van der Waals surface area contributed by atoms with Crippen LogP contribution in [0, 0.1) is 12.7 Å². The summed E-state index contributed by atoms with van der Waals surface area (Å²) < 4.78 is 27.7. The molecule has 4 rings (SSSR count). The second kappa shape index (κ2) is 10.7. The largest absolute Gasteiger partial charge is 0.435 e. The molecule has 2 aromatic carbocycles. The number of aliphatic hydroxyl groups excluding tert-OH is 1. The van der Waals surface area contributed by atoms with Gasteiger partial charge in [0.05, 0.1) is 36.3 Å². The number of para-hydroxylation sites is 2. The Kier molecular flexibility index (Phi) is 7.54. The third-order valence-electron chi connectivity index (χ3n) is 5.60. The van der Waals surface area contributed by atoms with Crippen molar-refractivity contribution in [1.29, 1.82) is 0 Å². The number of benzene rings is 2. The first-order valence-electron chi connectivity index (χ1n) is 11.2. The summed E-state index contributed by atoms with van der Waals surface area (Å²) in [6.07, 6.45) is 3.20. The maximum Gasteiger partial charge on any atom is 0.227 e. The molecule has 0 aliphatic heterocycles. The summed E-state index contributed by atoms with van der Waals surface area (Å²) >= 11 is 0. The second-order valence-electron chi connectivity index (χ2n) is 8.29. The van der Waals surface area contributed by atoms with Crippen molar-refractivity contribution >= 4 is 0 Å². The van der Waals surface area contributed by atoms with Crippen molar-refractivity contribution in [3.05, 3.63) is 84.3 Å². The molecule has 1 saturated carbocycles. The number of nitrogens with zero attached hydrogens (tertiary/aromatic N) is 3. The highest BCUT2D eigenvalue weighted by atomic mass is 19.1. The lowest BCUT2D eigenvalue weighted by Gasteiger charge is -2.25. The number of hydrogen-bond donors (Lipinski definition) is 1. The lowest BCUT2D eigenvalue weighted by Crippen LogP contribution is -2.36. The minimum Gasteiger partial charge on any atom is -0.435 e. The Balaban J connectivity index is 1.64. The molecule has 174 valence electrons. The van der Waals surface area contributed by atoms with Gasteiger partial charge in [-0.25, -0.2) is 9.07 Å². The highest BCUT2D eigenvalue weighted by Gasteiger charge is 2.32. The lowest BCUT2D eigenvalue weighted by atomic mass is 10.2. The van der Waals surface area contributed by atoms with E-state index in [2.05, 4.69) is 11.5 Å². The van der Waals surface area contributed by atoms with Crippen LogP contribution < -0.4 is 4.74 Å². The van der Waals surface area contributed by atoms with Gasteiger partial charge in [0.1, 0.15) is 0 Å². The van der Waals surface area contributed by atoms with Crippen LogP contribution in [0.3, 0.4) is 0 Å². The number of hydrogen-bond acceptors (Lipinski definition) is 5. The van der Waals surface area contributed by atoms with Crippen LogP contribution in [0.1, 0.15) is 24.1 Å². The van der Waals surface area contributed by atoms with Gasteiger partial charge in [-0.05, 0) is 44.0 Å². The minimum atomic E-state index is -0.619. The average molecular weight is 452 g/mol. The molecule has 3 aromatic rings. The molecular formula is C26H30FN3O3. The van der Waals surface area contributed by atoms with Crippen LogP contribution in [0.15, 0.2) is 67.3 Å². The maximum absolute atomic E-state index is 14.4.